The molecule has 3 nitrogen and oxygen atoms in total. The van der Waals surface area contributed by atoms with Gasteiger partial charge in [0, 0.05) is 13.5 Å². The summed E-state index contributed by atoms with van der Waals surface area (Å²) in [5, 5.41) is 0. The molecular formula is C24H49NO2. The van der Waals surface area contributed by atoms with Crippen molar-refractivity contribution in [2.75, 3.05) is 6.54 Å². The standard InChI is InChI=1S/C24H49NO2/c1-3-4-5-6-7-8-9-10-11-12-13-14-15-16-17-18-19-20-21-22-23-25-27-24(2)26/h25H,3-23H2,1-2H3. The first-order valence-corrected chi connectivity index (χ1v) is 12.2. The van der Waals surface area contributed by atoms with Gasteiger partial charge in [0.25, 0.3) is 0 Å². The molecule has 27 heavy (non-hydrogen) atoms. The summed E-state index contributed by atoms with van der Waals surface area (Å²) in [7, 11) is 0. The molecule has 0 rings (SSSR count). The summed E-state index contributed by atoms with van der Waals surface area (Å²) < 4.78 is 0. The summed E-state index contributed by atoms with van der Waals surface area (Å²) in [4.78, 5) is 15.3. The summed E-state index contributed by atoms with van der Waals surface area (Å²) in [5.74, 6) is -0.261. The molecule has 0 amide bonds. The zero-order valence-electron chi connectivity index (χ0n) is 18.7. The summed E-state index contributed by atoms with van der Waals surface area (Å²) in [6, 6.07) is 0. The lowest BCUT2D eigenvalue weighted by molar-refractivity contribution is -0.148. The SMILES string of the molecule is CCCCCCCCCCCCCCCCCCCCCCNOC(C)=O. The average molecular weight is 384 g/mol. The van der Waals surface area contributed by atoms with E-state index in [2.05, 4.69) is 12.4 Å². The van der Waals surface area contributed by atoms with Crippen LogP contribution in [-0.4, -0.2) is 12.5 Å². The lowest BCUT2D eigenvalue weighted by Crippen LogP contribution is -2.18. The molecule has 0 fully saturated rings. The first-order valence-electron chi connectivity index (χ1n) is 12.2. The van der Waals surface area contributed by atoms with Gasteiger partial charge < -0.3 is 4.84 Å². The van der Waals surface area contributed by atoms with E-state index in [9.17, 15) is 4.79 Å². The topological polar surface area (TPSA) is 38.3 Å². The minimum atomic E-state index is -0.261. The fourth-order valence-electron chi connectivity index (χ4n) is 3.61. The van der Waals surface area contributed by atoms with Crippen LogP contribution in [0.3, 0.4) is 0 Å². The van der Waals surface area contributed by atoms with Crippen molar-refractivity contribution in [2.45, 2.75) is 142 Å². The summed E-state index contributed by atoms with van der Waals surface area (Å²) in [6.45, 7) is 4.49. The molecular weight excluding hydrogens is 334 g/mol. The van der Waals surface area contributed by atoms with Crippen molar-refractivity contribution >= 4 is 5.97 Å². The highest BCUT2D eigenvalue weighted by Gasteiger charge is 1.96. The lowest BCUT2D eigenvalue weighted by Gasteiger charge is -2.04. The van der Waals surface area contributed by atoms with Crippen molar-refractivity contribution in [3.8, 4) is 0 Å². The highest BCUT2D eigenvalue weighted by Crippen LogP contribution is 2.14. The zero-order chi connectivity index (χ0) is 19.8. The van der Waals surface area contributed by atoms with E-state index in [4.69, 9.17) is 4.84 Å². The van der Waals surface area contributed by atoms with E-state index in [-0.39, 0.29) is 5.97 Å². The molecule has 0 bridgehead atoms. The Bertz CT molecular complexity index is 294. The van der Waals surface area contributed by atoms with E-state index in [1.54, 1.807) is 0 Å². The van der Waals surface area contributed by atoms with Crippen molar-refractivity contribution in [1.29, 1.82) is 0 Å². The maximum absolute atomic E-state index is 10.6. The maximum atomic E-state index is 10.6. The molecule has 0 spiro atoms. The van der Waals surface area contributed by atoms with Crippen molar-refractivity contribution in [2.24, 2.45) is 0 Å². The molecule has 0 saturated heterocycles. The van der Waals surface area contributed by atoms with Crippen LogP contribution in [0.1, 0.15) is 142 Å². The Morgan fingerprint density at radius 2 is 0.852 bits per heavy atom. The predicted molar refractivity (Wildman–Crippen MR) is 118 cm³/mol. The molecule has 0 aromatic rings. The summed E-state index contributed by atoms with van der Waals surface area (Å²) in [5.41, 5.74) is 2.69. The van der Waals surface area contributed by atoms with Crippen molar-refractivity contribution < 1.29 is 9.63 Å². The minimum absolute atomic E-state index is 0.261. The monoisotopic (exact) mass is 383 g/mol. The lowest BCUT2D eigenvalue weighted by atomic mass is 10.0. The molecule has 0 atom stereocenters. The van der Waals surface area contributed by atoms with Crippen LogP contribution in [0.2, 0.25) is 0 Å². The van der Waals surface area contributed by atoms with Gasteiger partial charge in [-0.1, -0.05) is 129 Å². The molecule has 1 N–H and O–H groups in total. The maximum Gasteiger partial charge on any atom is 0.321 e. The average Bonchev–Trinajstić information content (AvgIpc) is 2.65. The Labute approximate surface area is 170 Å². The molecule has 0 unspecified atom stereocenters. The first kappa shape index (κ1) is 26.4. The van der Waals surface area contributed by atoms with E-state index in [0.717, 1.165) is 13.0 Å². The second kappa shape index (κ2) is 23.5. The third-order valence-electron chi connectivity index (χ3n) is 5.35. The Balaban J connectivity index is 2.98. The minimum Gasteiger partial charge on any atom is -0.371 e. The Hall–Kier alpha value is -0.570. The molecule has 0 aromatic heterocycles. The van der Waals surface area contributed by atoms with Crippen molar-refractivity contribution in [3.05, 3.63) is 0 Å². The molecule has 0 saturated carbocycles. The first-order chi connectivity index (χ1) is 13.3. The largest absolute Gasteiger partial charge is 0.371 e. The van der Waals surface area contributed by atoms with Crippen LogP contribution < -0.4 is 5.48 Å². The number of hydroxylamine groups is 1. The predicted octanol–water partition coefficient (Wildman–Crippen LogP) is 7.88. The highest BCUT2D eigenvalue weighted by atomic mass is 16.7. The van der Waals surface area contributed by atoms with Crippen molar-refractivity contribution in [1.82, 2.24) is 5.48 Å². The summed E-state index contributed by atoms with van der Waals surface area (Å²) in [6.07, 6.45) is 28.0. The van der Waals surface area contributed by atoms with Gasteiger partial charge in [0.1, 0.15) is 0 Å². The number of hydrogen-bond acceptors (Lipinski definition) is 3. The van der Waals surface area contributed by atoms with Crippen LogP contribution in [0.25, 0.3) is 0 Å². The van der Waals surface area contributed by atoms with E-state index < -0.39 is 0 Å². The fraction of sp³-hybridized carbons (Fsp3) is 0.958. The second-order valence-corrected chi connectivity index (χ2v) is 8.21. The van der Waals surface area contributed by atoms with Crippen molar-refractivity contribution in [3.63, 3.8) is 0 Å². The van der Waals surface area contributed by atoms with Gasteiger partial charge in [-0.3, -0.25) is 4.79 Å². The highest BCUT2D eigenvalue weighted by molar-refractivity contribution is 5.65. The van der Waals surface area contributed by atoms with Gasteiger partial charge in [-0.25, -0.2) is 0 Å². The van der Waals surface area contributed by atoms with Crippen LogP contribution in [0.15, 0.2) is 0 Å². The third-order valence-corrected chi connectivity index (χ3v) is 5.35. The summed E-state index contributed by atoms with van der Waals surface area (Å²) >= 11 is 0. The second-order valence-electron chi connectivity index (χ2n) is 8.21. The van der Waals surface area contributed by atoms with Crippen LogP contribution in [-0.2, 0) is 9.63 Å². The molecule has 0 aliphatic carbocycles. The quantitative estimate of drug-likeness (QED) is 0.153. The van der Waals surface area contributed by atoms with Gasteiger partial charge in [-0.2, -0.15) is 5.48 Å². The Kier molecular flexibility index (Phi) is 23.0. The third kappa shape index (κ3) is 25.4. The number of unbranched alkanes of at least 4 members (excludes halogenated alkanes) is 19. The van der Waals surface area contributed by atoms with E-state index in [1.165, 1.54) is 129 Å². The van der Waals surface area contributed by atoms with Gasteiger partial charge in [0.15, 0.2) is 0 Å². The molecule has 0 aliphatic heterocycles. The number of carbonyl (C=O) groups is 1. The van der Waals surface area contributed by atoms with E-state index >= 15 is 0 Å². The van der Waals surface area contributed by atoms with Gasteiger partial charge in [-0.15, -0.1) is 0 Å². The molecule has 0 aromatic carbocycles. The number of nitrogens with one attached hydrogen (secondary N) is 1. The molecule has 0 heterocycles. The van der Waals surface area contributed by atoms with Gasteiger partial charge in [-0.05, 0) is 6.42 Å². The van der Waals surface area contributed by atoms with Gasteiger partial charge in [0.2, 0.25) is 0 Å². The normalized spacial score (nSPS) is 11.0. The molecule has 3 heteroatoms. The Morgan fingerprint density at radius 1 is 0.556 bits per heavy atom. The number of carbonyl (C=O) groups excluding carboxylic acids is 1. The van der Waals surface area contributed by atoms with Crippen LogP contribution in [0.5, 0.6) is 0 Å². The smallest absolute Gasteiger partial charge is 0.321 e. The van der Waals surface area contributed by atoms with Crippen LogP contribution in [0.4, 0.5) is 0 Å². The Morgan fingerprint density at radius 3 is 1.15 bits per heavy atom. The fourth-order valence-corrected chi connectivity index (χ4v) is 3.61. The van der Waals surface area contributed by atoms with Crippen LogP contribution >= 0.6 is 0 Å². The van der Waals surface area contributed by atoms with E-state index in [1.807, 2.05) is 0 Å². The van der Waals surface area contributed by atoms with Gasteiger partial charge in [0.05, 0.1) is 0 Å². The molecule has 0 aliphatic rings. The number of rotatable bonds is 22. The zero-order valence-corrected chi connectivity index (χ0v) is 18.7. The molecule has 162 valence electrons. The van der Waals surface area contributed by atoms with E-state index in [0.29, 0.717) is 0 Å². The van der Waals surface area contributed by atoms with Gasteiger partial charge >= 0.3 is 5.97 Å². The van der Waals surface area contributed by atoms with Crippen LogP contribution in [0, 0.1) is 0 Å². The number of hydrogen-bond donors (Lipinski definition) is 1. The molecule has 0 radical (unpaired) electrons.